The van der Waals surface area contributed by atoms with Crippen molar-refractivity contribution in [3.63, 3.8) is 0 Å². The summed E-state index contributed by atoms with van der Waals surface area (Å²) in [7, 11) is -3.58. The van der Waals surface area contributed by atoms with Crippen molar-refractivity contribution in [2.24, 2.45) is 0 Å². The quantitative estimate of drug-likeness (QED) is 0.654. The fourth-order valence-electron chi connectivity index (χ4n) is 1.54. The van der Waals surface area contributed by atoms with Crippen molar-refractivity contribution < 1.29 is 17.9 Å². The van der Waals surface area contributed by atoms with E-state index in [2.05, 4.69) is 15.9 Å². The number of ether oxygens (including phenoxy) is 1. The molecule has 0 aliphatic heterocycles. The first-order valence-corrected chi connectivity index (χ1v) is 8.56. The van der Waals surface area contributed by atoms with Crippen molar-refractivity contribution in [1.29, 1.82) is 0 Å². The zero-order valence-electron chi connectivity index (χ0n) is 11.6. The van der Waals surface area contributed by atoms with Crippen LogP contribution >= 0.6 is 15.9 Å². The number of hydrogen-bond acceptors (Lipinski definition) is 5. The van der Waals surface area contributed by atoms with Gasteiger partial charge in [0.2, 0.25) is 0 Å². The molecule has 0 unspecified atom stereocenters. The monoisotopic (exact) mass is 363 g/mol. The first-order valence-electron chi connectivity index (χ1n) is 5.95. The molecule has 0 aliphatic rings. The molecule has 0 radical (unpaired) electrons. The summed E-state index contributed by atoms with van der Waals surface area (Å²) in [5.41, 5.74) is 5.98. The molecular formula is C13H18BrNO4S. The van der Waals surface area contributed by atoms with Crippen molar-refractivity contribution in [2.45, 2.75) is 32.1 Å². The van der Waals surface area contributed by atoms with E-state index in [1.165, 1.54) is 0 Å². The third kappa shape index (κ3) is 5.92. The van der Waals surface area contributed by atoms with Crippen LogP contribution < -0.4 is 5.73 Å². The molecule has 5 nitrogen and oxygen atoms in total. The number of nitrogens with two attached hydrogens (primary N) is 1. The molecule has 7 heteroatoms. The van der Waals surface area contributed by atoms with Gasteiger partial charge in [-0.2, -0.15) is 0 Å². The Morgan fingerprint density at radius 1 is 1.35 bits per heavy atom. The minimum atomic E-state index is -3.58. The van der Waals surface area contributed by atoms with E-state index in [0.29, 0.717) is 15.7 Å². The first-order chi connectivity index (χ1) is 8.98. The van der Waals surface area contributed by atoms with Crippen LogP contribution in [0, 0.1) is 0 Å². The van der Waals surface area contributed by atoms with Gasteiger partial charge in [0, 0.05) is 10.2 Å². The van der Waals surface area contributed by atoms with Crippen molar-refractivity contribution in [2.75, 3.05) is 11.5 Å². The highest BCUT2D eigenvalue weighted by Gasteiger charge is 2.23. The van der Waals surface area contributed by atoms with Crippen LogP contribution in [0.5, 0.6) is 0 Å². The molecule has 1 rings (SSSR count). The number of hydrogen-bond donors (Lipinski definition) is 1. The fourth-order valence-corrected chi connectivity index (χ4v) is 2.99. The molecular weight excluding hydrogens is 346 g/mol. The molecule has 2 N–H and O–H groups in total. The van der Waals surface area contributed by atoms with E-state index >= 15 is 0 Å². The number of sulfone groups is 1. The Labute approximate surface area is 127 Å². The van der Waals surface area contributed by atoms with Gasteiger partial charge in [-0.1, -0.05) is 6.07 Å². The molecule has 0 saturated heterocycles. The lowest BCUT2D eigenvalue weighted by Gasteiger charge is -2.19. The average molecular weight is 364 g/mol. The van der Waals surface area contributed by atoms with Gasteiger partial charge in [0.25, 0.3) is 0 Å². The number of anilines is 1. The second-order valence-electron chi connectivity index (χ2n) is 5.47. The maximum absolute atomic E-state index is 11.9. The molecule has 0 saturated carbocycles. The third-order valence-electron chi connectivity index (χ3n) is 2.20. The molecule has 0 spiro atoms. The van der Waals surface area contributed by atoms with E-state index in [1.807, 2.05) is 0 Å². The zero-order valence-corrected chi connectivity index (χ0v) is 14.0. The molecule has 0 atom stereocenters. The summed E-state index contributed by atoms with van der Waals surface area (Å²) >= 11 is 3.23. The van der Waals surface area contributed by atoms with Crippen LogP contribution in [0.25, 0.3) is 0 Å². The smallest absolute Gasteiger partial charge is 0.321 e. The van der Waals surface area contributed by atoms with Crippen LogP contribution in [0.4, 0.5) is 5.69 Å². The summed E-state index contributed by atoms with van der Waals surface area (Å²) in [5.74, 6) is -1.63. The standard InChI is InChI=1S/C13H18BrNO4S/c1-13(2,3)19-12(16)8-20(17,18)7-9-4-5-10(14)11(15)6-9/h4-6H,7-8,15H2,1-3H3. The number of halogens is 1. The molecule has 112 valence electrons. The van der Waals surface area contributed by atoms with Gasteiger partial charge in [0.1, 0.15) is 11.4 Å². The van der Waals surface area contributed by atoms with Gasteiger partial charge in [-0.25, -0.2) is 8.42 Å². The predicted octanol–water partition coefficient (Wildman–Crippen LogP) is 2.29. The van der Waals surface area contributed by atoms with Crippen LogP contribution in [-0.2, 0) is 25.1 Å². The van der Waals surface area contributed by atoms with E-state index in [1.54, 1.807) is 39.0 Å². The summed E-state index contributed by atoms with van der Waals surface area (Å²) < 4.78 is 29.6. The highest BCUT2D eigenvalue weighted by molar-refractivity contribution is 9.10. The highest BCUT2D eigenvalue weighted by atomic mass is 79.9. The van der Waals surface area contributed by atoms with Crippen LogP contribution in [0.3, 0.4) is 0 Å². The molecule has 0 fully saturated rings. The van der Waals surface area contributed by atoms with Crippen molar-refractivity contribution >= 4 is 37.4 Å². The number of nitrogen functional groups attached to an aromatic ring is 1. The molecule has 0 heterocycles. The minimum Gasteiger partial charge on any atom is -0.459 e. The molecule has 0 aromatic heterocycles. The van der Waals surface area contributed by atoms with Crippen LogP contribution in [0.1, 0.15) is 26.3 Å². The number of carbonyl (C=O) groups is 1. The Bertz CT molecular complexity index is 605. The summed E-state index contributed by atoms with van der Waals surface area (Å²) in [6.45, 7) is 5.06. The Kier molecular flexibility index (Phi) is 5.21. The van der Waals surface area contributed by atoms with Gasteiger partial charge < -0.3 is 10.5 Å². The Balaban J connectivity index is 2.75. The van der Waals surface area contributed by atoms with Gasteiger partial charge >= 0.3 is 5.97 Å². The zero-order chi connectivity index (χ0) is 15.6. The summed E-state index contributed by atoms with van der Waals surface area (Å²) in [6.07, 6.45) is 0. The summed E-state index contributed by atoms with van der Waals surface area (Å²) in [4.78, 5) is 11.6. The third-order valence-corrected chi connectivity index (χ3v) is 4.38. The van der Waals surface area contributed by atoms with Gasteiger partial charge in [-0.15, -0.1) is 0 Å². The molecule has 0 aliphatic carbocycles. The maximum Gasteiger partial charge on any atom is 0.321 e. The van der Waals surface area contributed by atoms with Crippen molar-refractivity contribution in [3.05, 3.63) is 28.2 Å². The normalized spacial score (nSPS) is 12.2. The molecule has 0 amide bonds. The van der Waals surface area contributed by atoms with Crippen molar-refractivity contribution in [3.8, 4) is 0 Å². The SMILES string of the molecule is CC(C)(C)OC(=O)CS(=O)(=O)Cc1ccc(Br)c(N)c1. The summed E-state index contributed by atoms with van der Waals surface area (Å²) in [6, 6.07) is 4.89. The van der Waals surface area contributed by atoms with E-state index in [4.69, 9.17) is 10.5 Å². The summed E-state index contributed by atoms with van der Waals surface area (Å²) in [5, 5.41) is 0. The fraction of sp³-hybridized carbons (Fsp3) is 0.462. The van der Waals surface area contributed by atoms with E-state index < -0.39 is 27.2 Å². The minimum absolute atomic E-state index is 0.246. The number of benzene rings is 1. The van der Waals surface area contributed by atoms with Gasteiger partial charge in [-0.05, 0) is 54.4 Å². The number of carbonyl (C=O) groups excluding carboxylic acids is 1. The Hall–Kier alpha value is -1.08. The van der Waals surface area contributed by atoms with E-state index in [9.17, 15) is 13.2 Å². The molecule has 1 aromatic rings. The van der Waals surface area contributed by atoms with Gasteiger partial charge in [0.15, 0.2) is 9.84 Å². The first kappa shape index (κ1) is 17.0. The number of rotatable bonds is 4. The lowest BCUT2D eigenvalue weighted by Crippen LogP contribution is -2.29. The van der Waals surface area contributed by atoms with Crippen LogP contribution in [0.2, 0.25) is 0 Å². The number of esters is 1. The average Bonchev–Trinajstić information content (AvgIpc) is 2.18. The van der Waals surface area contributed by atoms with Crippen molar-refractivity contribution in [1.82, 2.24) is 0 Å². The second-order valence-corrected chi connectivity index (χ2v) is 8.39. The Morgan fingerprint density at radius 2 is 1.95 bits per heavy atom. The lowest BCUT2D eigenvalue weighted by molar-refractivity contribution is -0.151. The van der Waals surface area contributed by atoms with E-state index in [0.717, 1.165) is 0 Å². The van der Waals surface area contributed by atoms with Gasteiger partial charge in [0.05, 0.1) is 5.75 Å². The lowest BCUT2D eigenvalue weighted by atomic mass is 10.2. The molecule has 0 bridgehead atoms. The predicted molar refractivity (Wildman–Crippen MR) is 81.9 cm³/mol. The second kappa shape index (κ2) is 6.13. The maximum atomic E-state index is 11.9. The largest absolute Gasteiger partial charge is 0.459 e. The molecule has 1 aromatic carbocycles. The molecule has 20 heavy (non-hydrogen) atoms. The van der Waals surface area contributed by atoms with E-state index in [-0.39, 0.29) is 5.75 Å². The topological polar surface area (TPSA) is 86.5 Å². The van der Waals surface area contributed by atoms with Crippen LogP contribution in [0.15, 0.2) is 22.7 Å². The van der Waals surface area contributed by atoms with Gasteiger partial charge in [-0.3, -0.25) is 4.79 Å². The van der Waals surface area contributed by atoms with Crippen LogP contribution in [-0.4, -0.2) is 25.7 Å². The highest BCUT2D eigenvalue weighted by Crippen LogP contribution is 2.21. The Morgan fingerprint density at radius 3 is 2.45 bits per heavy atom.